The zero-order valence-electron chi connectivity index (χ0n) is 21.2. The van der Waals surface area contributed by atoms with Gasteiger partial charge in [-0.15, -0.1) is 13.2 Å². The van der Waals surface area contributed by atoms with Crippen molar-refractivity contribution in [1.29, 1.82) is 0 Å². The average Bonchev–Trinajstić information content (AvgIpc) is 3.60. The molecule has 4 heterocycles. The standard InChI is InChI=1S/C26H27F3N6O3/c1-17-13-21(24-31-23(33-38-24)19-6-8-20(9-7-19)37-26(27,28)29)32-35(17)15-18-5-10-22(30-14-18)34(3)16-25(2)11-4-12-36-25/h5-10,13-14H,4,11-12,15-16H2,1-3H3. The lowest BCUT2D eigenvalue weighted by molar-refractivity contribution is -0.274. The maximum Gasteiger partial charge on any atom is 0.573 e. The summed E-state index contributed by atoms with van der Waals surface area (Å²) in [5, 5.41) is 8.53. The molecule has 0 bridgehead atoms. The molecule has 1 saturated heterocycles. The molecule has 3 aromatic heterocycles. The molecule has 38 heavy (non-hydrogen) atoms. The Morgan fingerprint density at radius 2 is 1.95 bits per heavy atom. The summed E-state index contributed by atoms with van der Waals surface area (Å²) in [6.07, 6.45) is -0.794. The number of hydrogen-bond acceptors (Lipinski definition) is 8. The second kappa shape index (κ2) is 10.1. The van der Waals surface area contributed by atoms with Crippen LogP contribution in [0.25, 0.3) is 23.0 Å². The van der Waals surface area contributed by atoms with Gasteiger partial charge in [-0.1, -0.05) is 11.2 Å². The van der Waals surface area contributed by atoms with Crippen molar-refractivity contribution in [2.75, 3.05) is 25.1 Å². The van der Waals surface area contributed by atoms with E-state index in [9.17, 15) is 13.2 Å². The van der Waals surface area contributed by atoms with E-state index >= 15 is 0 Å². The fourth-order valence-corrected chi connectivity index (χ4v) is 4.48. The normalized spacial score (nSPS) is 17.6. The van der Waals surface area contributed by atoms with E-state index in [2.05, 4.69) is 36.8 Å². The van der Waals surface area contributed by atoms with Crippen molar-refractivity contribution in [3.05, 3.63) is 59.9 Å². The summed E-state index contributed by atoms with van der Waals surface area (Å²) in [6.45, 7) is 6.15. The van der Waals surface area contributed by atoms with E-state index in [0.29, 0.717) is 17.8 Å². The summed E-state index contributed by atoms with van der Waals surface area (Å²) < 4.78 is 54.1. The zero-order valence-corrected chi connectivity index (χ0v) is 21.2. The number of ether oxygens (including phenoxy) is 2. The third-order valence-electron chi connectivity index (χ3n) is 6.38. The van der Waals surface area contributed by atoms with E-state index < -0.39 is 6.36 Å². The Hall–Kier alpha value is -3.93. The highest BCUT2D eigenvalue weighted by atomic mass is 19.4. The van der Waals surface area contributed by atoms with Crippen LogP contribution in [0.2, 0.25) is 0 Å². The van der Waals surface area contributed by atoms with Crippen LogP contribution in [0.3, 0.4) is 0 Å². The zero-order chi connectivity index (χ0) is 26.9. The van der Waals surface area contributed by atoms with E-state index in [1.807, 2.05) is 43.0 Å². The van der Waals surface area contributed by atoms with Crippen LogP contribution in [-0.2, 0) is 11.3 Å². The molecule has 0 N–H and O–H groups in total. The van der Waals surface area contributed by atoms with Crippen LogP contribution in [0.5, 0.6) is 5.75 Å². The number of likely N-dealkylation sites (N-methyl/N-ethyl adjacent to an activating group) is 1. The Labute approximate surface area is 217 Å². The van der Waals surface area contributed by atoms with E-state index in [1.165, 1.54) is 24.3 Å². The molecule has 9 nitrogen and oxygen atoms in total. The van der Waals surface area contributed by atoms with Gasteiger partial charge in [0.25, 0.3) is 5.89 Å². The number of nitrogens with zero attached hydrogens (tertiary/aromatic N) is 6. The van der Waals surface area contributed by atoms with Crippen molar-refractivity contribution >= 4 is 5.82 Å². The quantitative estimate of drug-likeness (QED) is 0.306. The molecule has 1 unspecified atom stereocenters. The number of rotatable bonds is 8. The molecule has 1 aliphatic heterocycles. The molecule has 5 rings (SSSR count). The highest BCUT2D eigenvalue weighted by Crippen LogP contribution is 2.28. The minimum absolute atomic E-state index is 0.142. The Morgan fingerprint density at radius 3 is 2.61 bits per heavy atom. The highest BCUT2D eigenvalue weighted by Gasteiger charge is 2.32. The molecule has 4 aromatic rings. The molecule has 0 radical (unpaired) electrons. The van der Waals surface area contributed by atoms with Crippen LogP contribution >= 0.6 is 0 Å². The predicted octanol–water partition coefficient (Wildman–Crippen LogP) is 5.26. The summed E-state index contributed by atoms with van der Waals surface area (Å²) in [7, 11) is 2.02. The summed E-state index contributed by atoms with van der Waals surface area (Å²) >= 11 is 0. The number of halogens is 3. The van der Waals surface area contributed by atoms with Crippen LogP contribution < -0.4 is 9.64 Å². The van der Waals surface area contributed by atoms with Gasteiger partial charge < -0.3 is 18.9 Å². The van der Waals surface area contributed by atoms with Crippen molar-refractivity contribution in [1.82, 2.24) is 24.9 Å². The fraction of sp³-hybridized carbons (Fsp3) is 0.385. The third kappa shape index (κ3) is 5.96. The SMILES string of the molecule is Cc1cc(-c2nc(-c3ccc(OC(F)(F)F)cc3)no2)nn1Cc1ccc(N(C)CC2(C)CCCO2)nc1. The van der Waals surface area contributed by atoms with Gasteiger partial charge in [0.15, 0.2) is 5.69 Å². The van der Waals surface area contributed by atoms with Crippen LogP contribution in [0.1, 0.15) is 31.0 Å². The van der Waals surface area contributed by atoms with E-state index in [4.69, 9.17) is 9.26 Å². The van der Waals surface area contributed by atoms with Gasteiger partial charge in [0.05, 0.1) is 12.1 Å². The Kier molecular flexibility index (Phi) is 6.82. The van der Waals surface area contributed by atoms with Crippen LogP contribution in [0.15, 0.2) is 53.2 Å². The minimum Gasteiger partial charge on any atom is -0.406 e. The first-order chi connectivity index (χ1) is 18.1. The molecule has 0 aliphatic carbocycles. The minimum atomic E-state index is -4.76. The number of pyridine rings is 1. The Balaban J connectivity index is 1.24. The highest BCUT2D eigenvalue weighted by molar-refractivity contribution is 5.59. The van der Waals surface area contributed by atoms with Crippen LogP contribution in [0, 0.1) is 6.92 Å². The lowest BCUT2D eigenvalue weighted by atomic mass is 10.0. The van der Waals surface area contributed by atoms with Crippen molar-refractivity contribution in [3.63, 3.8) is 0 Å². The van der Waals surface area contributed by atoms with Gasteiger partial charge in [-0.3, -0.25) is 4.68 Å². The smallest absolute Gasteiger partial charge is 0.406 e. The predicted molar refractivity (Wildman–Crippen MR) is 133 cm³/mol. The van der Waals surface area contributed by atoms with Crippen LogP contribution in [-0.4, -0.2) is 57.1 Å². The van der Waals surface area contributed by atoms with Gasteiger partial charge in [0.1, 0.15) is 11.6 Å². The molecule has 200 valence electrons. The largest absolute Gasteiger partial charge is 0.573 e. The summed E-state index contributed by atoms with van der Waals surface area (Å²) in [4.78, 5) is 11.1. The first kappa shape index (κ1) is 25.7. The van der Waals surface area contributed by atoms with Gasteiger partial charge >= 0.3 is 6.36 Å². The molecule has 0 amide bonds. The summed E-state index contributed by atoms with van der Waals surface area (Å²) in [6, 6.07) is 11.1. The van der Waals surface area contributed by atoms with Crippen molar-refractivity contribution in [2.24, 2.45) is 0 Å². The first-order valence-electron chi connectivity index (χ1n) is 12.1. The lowest BCUT2D eigenvalue weighted by Crippen LogP contribution is -2.38. The summed E-state index contributed by atoms with van der Waals surface area (Å²) in [5.74, 6) is 0.979. The monoisotopic (exact) mass is 528 g/mol. The molecule has 0 spiro atoms. The van der Waals surface area contributed by atoms with Crippen LogP contribution in [0.4, 0.5) is 19.0 Å². The molecular weight excluding hydrogens is 501 g/mol. The van der Waals surface area contributed by atoms with Gasteiger partial charge in [-0.25, -0.2) is 4.98 Å². The van der Waals surface area contributed by atoms with Crippen molar-refractivity contribution in [3.8, 4) is 28.7 Å². The second-order valence-corrected chi connectivity index (χ2v) is 9.61. The van der Waals surface area contributed by atoms with Gasteiger partial charge in [-0.05, 0) is 68.7 Å². The molecule has 1 aromatic carbocycles. The average molecular weight is 529 g/mol. The van der Waals surface area contributed by atoms with Gasteiger partial charge in [0, 0.05) is 37.7 Å². The summed E-state index contributed by atoms with van der Waals surface area (Å²) in [5.41, 5.74) is 2.70. The number of hydrogen-bond donors (Lipinski definition) is 0. The number of anilines is 1. The third-order valence-corrected chi connectivity index (χ3v) is 6.38. The molecule has 1 atom stereocenters. The Morgan fingerprint density at radius 1 is 1.16 bits per heavy atom. The lowest BCUT2D eigenvalue weighted by Gasteiger charge is -2.30. The van der Waals surface area contributed by atoms with Crippen molar-refractivity contribution in [2.45, 2.75) is 45.2 Å². The van der Waals surface area contributed by atoms with E-state index in [-0.39, 0.29) is 23.1 Å². The maximum absolute atomic E-state index is 12.4. The van der Waals surface area contributed by atoms with E-state index in [0.717, 1.165) is 43.1 Å². The van der Waals surface area contributed by atoms with Gasteiger partial charge in [0.2, 0.25) is 5.82 Å². The second-order valence-electron chi connectivity index (χ2n) is 9.61. The molecule has 0 saturated carbocycles. The Bertz CT molecular complexity index is 1380. The number of benzene rings is 1. The fourth-order valence-electron chi connectivity index (χ4n) is 4.48. The molecule has 1 fully saturated rings. The molecule has 1 aliphatic rings. The van der Waals surface area contributed by atoms with E-state index in [1.54, 1.807) is 0 Å². The molecule has 12 heteroatoms. The first-order valence-corrected chi connectivity index (χ1v) is 12.1. The topological polar surface area (TPSA) is 91.3 Å². The van der Waals surface area contributed by atoms with Crippen molar-refractivity contribution < 1.29 is 27.2 Å². The maximum atomic E-state index is 12.4. The van der Waals surface area contributed by atoms with Gasteiger partial charge in [-0.2, -0.15) is 10.1 Å². The number of aromatic nitrogens is 5. The number of alkyl halides is 3. The molecular formula is C26H27F3N6O3. The number of aryl methyl sites for hydroxylation is 1.